The number of amides is 1. The number of alkyl carbamates (subject to hydrolysis) is 1. The fourth-order valence-corrected chi connectivity index (χ4v) is 4.64. The van der Waals surface area contributed by atoms with Crippen molar-refractivity contribution in [1.82, 2.24) is 5.32 Å². The van der Waals surface area contributed by atoms with Crippen molar-refractivity contribution in [3.05, 3.63) is 89.5 Å². The molecule has 1 aliphatic carbocycles. The van der Waals surface area contributed by atoms with Crippen LogP contribution < -0.4 is 5.32 Å². The van der Waals surface area contributed by atoms with Gasteiger partial charge in [-0.3, -0.25) is 0 Å². The van der Waals surface area contributed by atoms with Gasteiger partial charge in [0.1, 0.15) is 6.61 Å². The summed E-state index contributed by atoms with van der Waals surface area (Å²) in [6.45, 7) is 0.277. The van der Waals surface area contributed by atoms with Crippen LogP contribution in [0.2, 0.25) is 0 Å². The average Bonchev–Trinajstić information content (AvgIpc) is 3.09. The highest BCUT2D eigenvalue weighted by Crippen LogP contribution is 2.44. The predicted molar refractivity (Wildman–Crippen MR) is 120 cm³/mol. The van der Waals surface area contributed by atoms with E-state index in [0.717, 1.165) is 17.4 Å². The van der Waals surface area contributed by atoms with Gasteiger partial charge in [-0.25, -0.2) is 13.2 Å². The molecule has 4 rings (SSSR count). The maximum absolute atomic E-state index is 12.2. The van der Waals surface area contributed by atoms with Gasteiger partial charge in [0.15, 0.2) is 9.84 Å². The highest BCUT2D eigenvalue weighted by Gasteiger charge is 2.28. The molecule has 0 bridgehead atoms. The van der Waals surface area contributed by atoms with E-state index in [4.69, 9.17) is 4.74 Å². The summed E-state index contributed by atoms with van der Waals surface area (Å²) >= 11 is 0. The average molecular weight is 432 g/mol. The smallest absolute Gasteiger partial charge is 0.407 e. The summed E-state index contributed by atoms with van der Waals surface area (Å²) in [6.07, 6.45) is 0.579. The fraction of sp³-hybridized carbons (Fsp3) is 0.160. The Morgan fingerprint density at radius 2 is 1.52 bits per heavy atom. The lowest BCUT2D eigenvalue weighted by molar-refractivity contribution is 0.144. The van der Waals surface area contributed by atoms with E-state index in [9.17, 15) is 13.2 Å². The number of carbonyl (C=O) groups is 1. The molecule has 0 atom stereocenters. The molecule has 3 aromatic carbocycles. The first-order valence-electron chi connectivity index (χ1n) is 9.82. The van der Waals surface area contributed by atoms with Gasteiger partial charge in [0.25, 0.3) is 0 Å². The number of carbonyl (C=O) groups excluding carboxylic acids is 1. The van der Waals surface area contributed by atoms with Gasteiger partial charge < -0.3 is 10.1 Å². The van der Waals surface area contributed by atoms with Crippen molar-refractivity contribution in [3.8, 4) is 23.0 Å². The van der Waals surface area contributed by atoms with Crippen molar-refractivity contribution < 1.29 is 17.9 Å². The molecular formula is C25H21NO4S. The molecule has 0 fully saturated rings. The molecule has 1 amide bonds. The normalized spacial score (nSPS) is 12.3. The molecule has 31 heavy (non-hydrogen) atoms. The van der Waals surface area contributed by atoms with E-state index < -0.39 is 15.9 Å². The van der Waals surface area contributed by atoms with E-state index >= 15 is 0 Å². The molecule has 1 N–H and O–H groups in total. The molecule has 0 spiro atoms. The Kier molecular flexibility index (Phi) is 5.79. The zero-order valence-electron chi connectivity index (χ0n) is 17.0. The maximum atomic E-state index is 12.2. The highest BCUT2D eigenvalue weighted by atomic mass is 32.2. The first-order valence-corrected chi connectivity index (χ1v) is 11.7. The Labute approximate surface area is 182 Å². The Hall–Kier alpha value is -3.56. The number of fused-ring (bicyclic) bond motifs is 3. The van der Waals surface area contributed by atoms with Crippen LogP contribution in [0.5, 0.6) is 0 Å². The Balaban J connectivity index is 1.37. The lowest BCUT2D eigenvalue weighted by atomic mass is 9.98. The molecule has 0 saturated heterocycles. The van der Waals surface area contributed by atoms with Gasteiger partial charge in [-0.15, -0.1) is 0 Å². The molecule has 1 aliphatic rings. The Bertz CT molecular complexity index is 1260. The quantitative estimate of drug-likeness (QED) is 0.635. The van der Waals surface area contributed by atoms with E-state index in [1.54, 1.807) is 18.2 Å². The number of rotatable bonds is 4. The SMILES string of the molecule is CS(=O)(=O)c1ccccc1C#CCNC(=O)OCC1c2ccccc2-c2ccccc21. The summed E-state index contributed by atoms with van der Waals surface area (Å²) in [7, 11) is -3.37. The summed E-state index contributed by atoms with van der Waals surface area (Å²) in [4.78, 5) is 12.3. The highest BCUT2D eigenvalue weighted by molar-refractivity contribution is 7.90. The summed E-state index contributed by atoms with van der Waals surface area (Å²) < 4.78 is 29.1. The minimum atomic E-state index is -3.37. The summed E-state index contributed by atoms with van der Waals surface area (Å²) in [5.41, 5.74) is 5.03. The van der Waals surface area contributed by atoms with Gasteiger partial charge in [0.2, 0.25) is 0 Å². The molecule has 0 heterocycles. The Morgan fingerprint density at radius 3 is 2.16 bits per heavy atom. The number of hydrogen-bond acceptors (Lipinski definition) is 4. The zero-order valence-corrected chi connectivity index (χ0v) is 17.8. The third-order valence-electron chi connectivity index (χ3n) is 5.17. The van der Waals surface area contributed by atoms with E-state index in [-0.39, 0.29) is 24.0 Å². The minimum Gasteiger partial charge on any atom is -0.449 e. The lowest BCUT2D eigenvalue weighted by Crippen LogP contribution is -2.26. The van der Waals surface area contributed by atoms with E-state index in [1.165, 1.54) is 17.2 Å². The second-order valence-electron chi connectivity index (χ2n) is 7.25. The van der Waals surface area contributed by atoms with Crippen molar-refractivity contribution in [2.24, 2.45) is 0 Å². The van der Waals surface area contributed by atoms with Crippen LogP contribution in [0, 0.1) is 11.8 Å². The van der Waals surface area contributed by atoms with Crippen LogP contribution in [0.25, 0.3) is 11.1 Å². The molecule has 3 aromatic rings. The second-order valence-corrected chi connectivity index (χ2v) is 9.23. The van der Waals surface area contributed by atoms with Crippen LogP contribution in [0.1, 0.15) is 22.6 Å². The lowest BCUT2D eigenvalue weighted by Gasteiger charge is -2.14. The van der Waals surface area contributed by atoms with Gasteiger partial charge in [0, 0.05) is 17.7 Å². The number of benzene rings is 3. The van der Waals surface area contributed by atoms with Gasteiger partial charge >= 0.3 is 6.09 Å². The monoisotopic (exact) mass is 431 g/mol. The minimum absolute atomic E-state index is 0.00845. The number of hydrogen-bond donors (Lipinski definition) is 1. The van der Waals surface area contributed by atoms with Crippen LogP contribution in [0.15, 0.2) is 77.7 Å². The third-order valence-corrected chi connectivity index (χ3v) is 6.33. The molecule has 0 saturated carbocycles. The van der Waals surface area contributed by atoms with Crippen molar-refractivity contribution in [2.45, 2.75) is 10.8 Å². The first kappa shape index (κ1) is 20.7. The Morgan fingerprint density at radius 1 is 0.935 bits per heavy atom. The summed E-state index contributed by atoms with van der Waals surface area (Å²) in [5, 5.41) is 2.60. The molecule has 156 valence electrons. The molecular weight excluding hydrogens is 410 g/mol. The van der Waals surface area contributed by atoms with Crippen molar-refractivity contribution in [2.75, 3.05) is 19.4 Å². The van der Waals surface area contributed by atoms with Crippen LogP contribution in [0.4, 0.5) is 4.79 Å². The van der Waals surface area contributed by atoms with Gasteiger partial charge in [0.05, 0.1) is 11.4 Å². The summed E-state index contributed by atoms with van der Waals surface area (Å²) in [6, 6.07) is 22.8. The molecule has 0 radical (unpaired) electrons. The van der Waals surface area contributed by atoms with E-state index in [1.807, 2.05) is 24.3 Å². The maximum Gasteiger partial charge on any atom is 0.407 e. The van der Waals surface area contributed by atoms with Gasteiger partial charge in [-0.1, -0.05) is 72.5 Å². The van der Waals surface area contributed by atoms with Crippen LogP contribution in [0.3, 0.4) is 0 Å². The van der Waals surface area contributed by atoms with E-state index in [2.05, 4.69) is 41.4 Å². The molecule has 0 aliphatic heterocycles. The fourth-order valence-electron chi connectivity index (χ4n) is 3.80. The van der Waals surface area contributed by atoms with Crippen molar-refractivity contribution in [1.29, 1.82) is 0 Å². The molecule has 0 aromatic heterocycles. The molecule has 0 unspecified atom stereocenters. The van der Waals surface area contributed by atoms with Crippen molar-refractivity contribution in [3.63, 3.8) is 0 Å². The number of sulfone groups is 1. The zero-order chi connectivity index (χ0) is 21.8. The van der Waals surface area contributed by atoms with Crippen molar-refractivity contribution >= 4 is 15.9 Å². The molecule has 5 nitrogen and oxygen atoms in total. The predicted octanol–water partition coefficient (Wildman–Crippen LogP) is 3.98. The van der Waals surface area contributed by atoms with Crippen LogP contribution in [-0.2, 0) is 14.6 Å². The third kappa shape index (κ3) is 4.47. The second kappa shape index (κ2) is 8.66. The topological polar surface area (TPSA) is 72.5 Å². The van der Waals surface area contributed by atoms with Crippen LogP contribution in [-0.4, -0.2) is 33.9 Å². The van der Waals surface area contributed by atoms with Gasteiger partial charge in [-0.2, -0.15) is 0 Å². The number of nitrogens with one attached hydrogen (secondary N) is 1. The summed E-state index contributed by atoms with van der Waals surface area (Å²) in [5.74, 6) is 5.57. The standard InChI is InChI=1S/C25H21NO4S/c1-31(28,29)24-15-7-2-9-18(24)10-8-16-26-25(27)30-17-23-21-13-5-3-11-19(21)20-12-4-6-14-22(20)23/h2-7,9,11-15,23H,16-17H2,1H3,(H,26,27). The first-order chi connectivity index (χ1) is 14.9. The largest absolute Gasteiger partial charge is 0.449 e. The van der Waals surface area contributed by atoms with Crippen LogP contribution >= 0.6 is 0 Å². The van der Waals surface area contributed by atoms with E-state index in [0.29, 0.717) is 5.56 Å². The molecule has 6 heteroatoms. The van der Waals surface area contributed by atoms with Gasteiger partial charge in [-0.05, 0) is 34.4 Å². The number of ether oxygens (including phenoxy) is 1.